The minimum absolute atomic E-state index is 0.0956. The van der Waals surface area contributed by atoms with E-state index in [4.69, 9.17) is 14.2 Å². The Labute approximate surface area is 332 Å². The van der Waals surface area contributed by atoms with Crippen LogP contribution in [0.2, 0.25) is 0 Å². The molecule has 0 saturated carbocycles. The number of carbonyl (C=O) groups is 3. The van der Waals surface area contributed by atoms with E-state index < -0.39 is 12.1 Å². The molecule has 0 fully saturated rings. The van der Waals surface area contributed by atoms with Crippen LogP contribution < -0.4 is 0 Å². The van der Waals surface area contributed by atoms with Crippen LogP contribution in [0.4, 0.5) is 0 Å². The van der Waals surface area contributed by atoms with Gasteiger partial charge in [0.15, 0.2) is 6.10 Å². The van der Waals surface area contributed by atoms with Gasteiger partial charge < -0.3 is 14.2 Å². The Bertz CT molecular complexity index is 1050. The van der Waals surface area contributed by atoms with E-state index in [1.165, 1.54) is 57.8 Å². The highest BCUT2D eigenvalue weighted by molar-refractivity contribution is 5.72. The molecule has 54 heavy (non-hydrogen) atoms. The molecule has 0 spiro atoms. The van der Waals surface area contributed by atoms with Gasteiger partial charge in [0.05, 0.1) is 6.42 Å². The van der Waals surface area contributed by atoms with Crippen molar-refractivity contribution in [2.45, 2.75) is 200 Å². The van der Waals surface area contributed by atoms with Gasteiger partial charge in [-0.1, -0.05) is 177 Å². The maximum Gasteiger partial charge on any atom is 0.310 e. The lowest BCUT2D eigenvalue weighted by Crippen LogP contribution is -2.30. The van der Waals surface area contributed by atoms with Crippen molar-refractivity contribution < 1.29 is 28.6 Å². The summed E-state index contributed by atoms with van der Waals surface area (Å²) in [4.78, 5) is 37.4. The number of hydrogen-bond acceptors (Lipinski definition) is 6. The Morgan fingerprint density at radius 2 is 0.778 bits per heavy atom. The van der Waals surface area contributed by atoms with Crippen LogP contribution >= 0.6 is 0 Å². The molecule has 6 heteroatoms. The van der Waals surface area contributed by atoms with E-state index in [2.05, 4.69) is 81.5 Å². The van der Waals surface area contributed by atoms with Gasteiger partial charge in [0.1, 0.15) is 13.2 Å². The van der Waals surface area contributed by atoms with Crippen LogP contribution in [0, 0.1) is 0 Å². The van der Waals surface area contributed by atoms with Crippen LogP contribution in [-0.2, 0) is 28.6 Å². The summed E-state index contributed by atoms with van der Waals surface area (Å²) in [7, 11) is 0. The molecule has 1 atom stereocenters. The predicted molar refractivity (Wildman–Crippen MR) is 228 cm³/mol. The van der Waals surface area contributed by atoms with Crippen molar-refractivity contribution in [3.63, 3.8) is 0 Å². The Morgan fingerprint density at radius 1 is 0.407 bits per heavy atom. The number of esters is 3. The molecule has 0 rings (SSSR count). The third-order valence-electron chi connectivity index (χ3n) is 8.98. The zero-order valence-electron chi connectivity index (χ0n) is 35.0. The smallest absolute Gasteiger partial charge is 0.310 e. The third-order valence-corrected chi connectivity index (χ3v) is 8.98. The number of rotatable bonds is 38. The second kappa shape index (κ2) is 42.6. The van der Waals surface area contributed by atoms with Gasteiger partial charge in [-0.2, -0.15) is 0 Å². The van der Waals surface area contributed by atoms with E-state index in [0.717, 1.165) is 96.3 Å². The Hall–Kier alpha value is -3.15. The lowest BCUT2D eigenvalue weighted by Gasteiger charge is -2.18. The lowest BCUT2D eigenvalue weighted by molar-refractivity contribution is -0.166. The molecule has 0 aromatic carbocycles. The van der Waals surface area contributed by atoms with E-state index in [1.54, 1.807) is 6.08 Å². The van der Waals surface area contributed by atoms with Gasteiger partial charge in [-0.15, -0.1) is 0 Å². The normalized spacial score (nSPS) is 12.7. The third kappa shape index (κ3) is 40.0. The van der Waals surface area contributed by atoms with Gasteiger partial charge in [0.2, 0.25) is 0 Å². The van der Waals surface area contributed by atoms with Crippen molar-refractivity contribution in [1.29, 1.82) is 0 Å². The second-order valence-electron chi connectivity index (χ2n) is 14.2. The summed E-state index contributed by atoms with van der Waals surface area (Å²) in [5, 5.41) is 0. The van der Waals surface area contributed by atoms with E-state index >= 15 is 0 Å². The Kier molecular flexibility index (Phi) is 40.1. The van der Waals surface area contributed by atoms with Gasteiger partial charge in [-0.25, -0.2) is 0 Å². The van der Waals surface area contributed by atoms with E-state index in [1.807, 2.05) is 6.08 Å². The zero-order chi connectivity index (χ0) is 39.4. The summed E-state index contributed by atoms with van der Waals surface area (Å²) in [5.74, 6) is -1.08. The molecule has 0 bridgehead atoms. The van der Waals surface area contributed by atoms with Crippen molar-refractivity contribution >= 4 is 17.9 Å². The van der Waals surface area contributed by atoms with Gasteiger partial charge in [-0.05, 0) is 70.6 Å². The molecule has 0 N–H and O–H groups in total. The molecule has 1 unspecified atom stereocenters. The number of unbranched alkanes of at least 4 members (excludes halogenated alkanes) is 16. The molecule has 0 aliphatic carbocycles. The van der Waals surface area contributed by atoms with Crippen molar-refractivity contribution in [1.82, 2.24) is 0 Å². The number of hydrogen-bond donors (Lipinski definition) is 0. The highest BCUT2D eigenvalue weighted by atomic mass is 16.6. The summed E-state index contributed by atoms with van der Waals surface area (Å²) >= 11 is 0. The van der Waals surface area contributed by atoms with Crippen LogP contribution in [0.3, 0.4) is 0 Å². The first kappa shape index (κ1) is 50.9. The molecule has 0 aliphatic heterocycles. The Morgan fingerprint density at radius 3 is 1.20 bits per heavy atom. The van der Waals surface area contributed by atoms with Gasteiger partial charge in [-0.3, -0.25) is 14.4 Å². The summed E-state index contributed by atoms with van der Waals surface area (Å²) < 4.78 is 16.5. The zero-order valence-corrected chi connectivity index (χ0v) is 35.0. The second-order valence-corrected chi connectivity index (χ2v) is 14.2. The first-order chi connectivity index (χ1) is 26.5. The summed E-state index contributed by atoms with van der Waals surface area (Å²) in [6, 6.07) is 0. The minimum Gasteiger partial charge on any atom is -0.462 e. The lowest BCUT2D eigenvalue weighted by atomic mass is 10.1. The van der Waals surface area contributed by atoms with Crippen LogP contribution in [-0.4, -0.2) is 37.2 Å². The van der Waals surface area contributed by atoms with Crippen molar-refractivity contribution in [3.8, 4) is 0 Å². The largest absolute Gasteiger partial charge is 0.462 e. The van der Waals surface area contributed by atoms with Gasteiger partial charge in [0, 0.05) is 12.8 Å². The maximum absolute atomic E-state index is 12.6. The molecule has 0 saturated heterocycles. The van der Waals surface area contributed by atoms with Crippen LogP contribution in [0.1, 0.15) is 194 Å². The molecule has 0 radical (unpaired) electrons. The van der Waals surface area contributed by atoms with E-state index in [0.29, 0.717) is 12.8 Å². The number of allylic oxidation sites excluding steroid dienone is 11. The van der Waals surface area contributed by atoms with Crippen molar-refractivity contribution in [2.75, 3.05) is 13.2 Å². The Balaban J connectivity index is 4.39. The fourth-order valence-corrected chi connectivity index (χ4v) is 5.69. The standard InChI is InChI=1S/C48H80O6/c1-4-7-10-13-15-17-19-21-23-25-26-28-30-32-35-38-41-47(50)53-44-45(43-52-46(49)40-37-34-12-9-6-3)54-48(51)42-39-36-33-31-29-27-24-22-20-18-16-14-11-8-5-2/h8,11,16,18,22-25,29,31,36,39,45H,4-7,9-10,12-15,17,19-21,26-28,30,32-35,37-38,40-44H2,1-3H3/b11-8-,18-16-,24-22-,25-23-,31-29-,39-36-. The molecular formula is C48H80O6. The summed E-state index contributed by atoms with van der Waals surface area (Å²) in [5.41, 5.74) is 0. The molecule has 0 aromatic heterocycles. The first-order valence-corrected chi connectivity index (χ1v) is 21.9. The molecule has 0 aromatic rings. The fraction of sp³-hybridized carbons (Fsp3) is 0.688. The SMILES string of the molecule is CC/C=C\C/C=C\C/C=C\C/C=C\C/C=C\CC(=O)OC(COC(=O)CCCCCCC)COC(=O)CCCCCCC/C=C\CCCCCCCCC. The average Bonchev–Trinajstić information content (AvgIpc) is 3.17. The van der Waals surface area contributed by atoms with Gasteiger partial charge in [0.25, 0.3) is 0 Å². The van der Waals surface area contributed by atoms with Crippen LogP contribution in [0.25, 0.3) is 0 Å². The molecular weight excluding hydrogens is 673 g/mol. The number of ether oxygens (including phenoxy) is 3. The maximum atomic E-state index is 12.6. The first-order valence-electron chi connectivity index (χ1n) is 21.9. The molecule has 308 valence electrons. The number of carbonyl (C=O) groups excluding carboxylic acids is 3. The average molecular weight is 753 g/mol. The summed E-state index contributed by atoms with van der Waals surface area (Å²) in [6.45, 7) is 6.32. The quantitative estimate of drug-likeness (QED) is 0.0270. The topological polar surface area (TPSA) is 78.9 Å². The molecule has 6 nitrogen and oxygen atoms in total. The predicted octanol–water partition coefficient (Wildman–Crippen LogP) is 13.9. The highest BCUT2D eigenvalue weighted by Gasteiger charge is 2.19. The van der Waals surface area contributed by atoms with E-state index in [-0.39, 0.29) is 31.6 Å². The highest BCUT2D eigenvalue weighted by Crippen LogP contribution is 2.12. The molecule has 0 amide bonds. The summed E-state index contributed by atoms with van der Waals surface area (Å²) in [6.07, 6.45) is 52.3. The minimum atomic E-state index is -0.827. The molecule has 0 aliphatic rings. The molecule has 0 heterocycles. The van der Waals surface area contributed by atoms with Crippen LogP contribution in [0.15, 0.2) is 72.9 Å². The monoisotopic (exact) mass is 753 g/mol. The van der Waals surface area contributed by atoms with Crippen LogP contribution in [0.5, 0.6) is 0 Å². The fourth-order valence-electron chi connectivity index (χ4n) is 5.69. The van der Waals surface area contributed by atoms with Crippen molar-refractivity contribution in [3.05, 3.63) is 72.9 Å². The van der Waals surface area contributed by atoms with Crippen molar-refractivity contribution in [2.24, 2.45) is 0 Å². The van der Waals surface area contributed by atoms with E-state index in [9.17, 15) is 14.4 Å². The van der Waals surface area contributed by atoms with Gasteiger partial charge >= 0.3 is 17.9 Å².